The maximum absolute atomic E-state index is 11.6. The molecule has 1 aliphatic rings. The maximum Gasteiger partial charge on any atom is 0.349 e. The van der Waals surface area contributed by atoms with Crippen molar-refractivity contribution < 1.29 is 14.6 Å². The number of hydrogen-bond donors (Lipinski definition) is 2. The fourth-order valence-corrected chi connectivity index (χ4v) is 2.68. The molecule has 1 heterocycles. The van der Waals surface area contributed by atoms with Gasteiger partial charge in [0.15, 0.2) is 0 Å². The van der Waals surface area contributed by atoms with Crippen LogP contribution in [0.25, 0.3) is 0 Å². The summed E-state index contributed by atoms with van der Waals surface area (Å²) in [6, 6.07) is 9.09. The second-order valence-corrected chi connectivity index (χ2v) is 6.10. The molecule has 0 aromatic heterocycles. The Kier molecular flexibility index (Phi) is 5.80. The summed E-state index contributed by atoms with van der Waals surface area (Å²) in [5.74, 6) is -0.394. The second kappa shape index (κ2) is 7.61. The molecule has 2 N–H and O–H groups in total. The molecule has 2 rings (SSSR count). The Morgan fingerprint density at radius 1 is 1.32 bits per heavy atom. The summed E-state index contributed by atoms with van der Waals surface area (Å²) in [4.78, 5) is 14.0. The van der Waals surface area contributed by atoms with Crippen molar-refractivity contribution in [2.75, 3.05) is 19.6 Å². The van der Waals surface area contributed by atoms with Crippen LogP contribution in [0.4, 0.5) is 0 Å². The van der Waals surface area contributed by atoms with Crippen molar-refractivity contribution in [1.29, 1.82) is 0 Å². The van der Waals surface area contributed by atoms with Crippen molar-refractivity contribution in [3.63, 3.8) is 0 Å². The molecule has 0 bridgehead atoms. The Balaban J connectivity index is 1.94. The van der Waals surface area contributed by atoms with Crippen molar-refractivity contribution in [2.45, 2.75) is 44.9 Å². The number of piperidine rings is 1. The van der Waals surface area contributed by atoms with E-state index >= 15 is 0 Å². The zero-order chi connectivity index (χ0) is 16.0. The van der Waals surface area contributed by atoms with Gasteiger partial charge in [0.05, 0.1) is 6.17 Å². The lowest BCUT2D eigenvalue weighted by molar-refractivity contribution is -0.153. The second-order valence-electron chi connectivity index (χ2n) is 6.10. The molecular formula is C17H26N2O3. The topological polar surface area (TPSA) is 61.8 Å². The molecule has 2 atom stereocenters. The van der Waals surface area contributed by atoms with E-state index in [4.69, 9.17) is 4.74 Å². The monoisotopic (exact) mass is 306 g/mol. The summed E-state index contributed by atoms with van der Waals surface area (Å²) in [5, 5.41) is 12.9. The first kappa shape index (κ1) is 16.8. The number of ether oxygens (including phenoxy) is 1. The summed E-state index contributed by atoms with van der Waals surface area (Å²) in [6.07, 6.45) is 3.86. The quantitative estimate of drug-likeness (QED) is 0.809. The number of nitrogens with one attached hydrogen (secondary N) is 1. The molecule has 22 heavy (non-hydrogen) atoms. The van der Waals surface area contributed by atoms with E-state index in [1.54, 1.807) is 19.1 Å². The van der Waals surface area contributed by atoms with Crippen LogP contribution >= 0.6 is 0 Å². The zero-order valence-electron chi connectivity index (χ0n) is 13.4. The first-order valence-electron chi connectivity index (χ1n) is 7.96. The average molecular weight is 306 g/mol. The predicted octanol–water partition coefficient (Wildman–Crippen LogP) is 2.33. The van der Waals surface area contributed by atoms with Crippen LogP contribution in [0.2, 0.25) is 0 Å². The third-order valence-corrected chi connectivity index (χ3v) is 4.21. The Hall–Kier alpha value is -1.59. The lowest BCUT2D eigenvalue weighted by atomic mass is 10.1. The van der Waals surface area contributed by atoms with Crippen molar-refractivity contribution in [2.24, 2.45) is 0 Å². The number of likely N-dealkylation sites (tertiary alicyclic amines) is 1. The van der Waals surface area contributed by atoms with Gasteiger partial charge in [-0.3, -0.25) is 10.2 Å². The first-order valence-corrected chi connectivity index (χ1v) is 7.96. The van der Waals surface area contributed by atoms with Crippen LogP contribution < -0.4 is 10.1 Å². The Morgan fingerprint density at radius 2 is 1.95 bits per heavy atom. The van der Waals surface area contributed by atoms with Crippen molar-refractivity contribution >= 4 is 5.97 Å². The summed E-state index contributed by atoms with van der Waals surface area (Å²) >= 11 is 0. The van der Waals surface area contributed by atoms with Gasteiger partial charge >= 0.3 is 5.97 Å². The highest BCUT2D eigenvalue weighted by molar-refractivity contribution is 5.77. The molecule has 0 saturated carbocycles. The van der Waals surface area contributed by atoms with Gasteiger partial charge in [0.25, 0.3) is 0 Å². The minimum atomic E-state index is -1.29. The lowest BCUT2D eigenvalue weighted by Crippen LogP contribution is -2.55. The Morgan fingerprint density at radius 3 is 2.55 bits per heavy atom. The van der Waals surface area contributed by atoms with Gasteiger partial charge in [0, 0.05) is 6.54 Å². The number of aliphatic carboxylic acids is 1. The van der Waals surface area contributed by atoms with Gasteiger partial charge < -0.3 is 9.84 Å². The summed E-state index contributed by atoms with van der Waals surface area (Å²) in [7, 11) is 0. The lowest BCUT2D eigenvalue weighted by Gasteiger charge is -2.35. The fourth-order valence-electron chi connectivity index (χ4n) is 2.68. The van der Waals surface area contributed by atoms with E-state index < -0.39 is 11.6 Å². The van der Waals surface area contributed by atoms with E-state index in [0.29, 0.717) is 5.75 Å². The number of hydrogen-bond acceptors (Lipinski definition) is 4. The van der Waals surface area contributed by atoms with Crippen LogP contribution in [0.1, 0.15) is 33.1 Å². The molecule has 1 aromatic carbocycles. The zero-order valence-corrected chi connectivity index (χ0v) is 13.4. The van der Waals surface area contributed by atoms with Gasteiger partial charge in [0.2, 0.25) is 5.60 Å². The molecule has 0 amide bonds. The minimum Gasteiger partial charge on any atom is -0.478 e. The van der Waals surface area contributed by atoms with Crippen LogP contribution in [-0.4, -0.2) is 47.4 Å². The third kappa shape index (κ3) is 4.45. The van der Waals surface area contributed by atoms with E-state index in [-0.39, 0.29) is 12.7 Å². The van der Waals surface area contributed by atoms with Gasteiger partial charge in [-0.1, -0.05) is 24.6 Å². The van der Waals surface area contributed by atoms with Crippen molar-refractivity contribution in [1.82, 2.24) is 10.2 Å². The van der Waals surface area contributed by atoms with Crippen LogP contribution in [0, 0.1) is 0 Å². The van der Waals surface area contributed by atoms with Crippen molar-refractivity contribution in [3.8, 4) is 5.75 Å². The molecule has 0 aliphatic carbocycles. The standard InChI is InChI=1S/C17H26N2O3/c1-14(19-11-7-4-8-12-19)18-13-17(2,16(20)21)22-15-9-5-3-6-10-15/h3,5-6,9-10,14,18H,4,7-8,11-13H2,1-2H3,(H,20,21). The summed E-state index contributed by atoms with van der Waals surface area (Å²) in [5.41, 5.74) is -1.29. The largest absolute Gasteiger partial charge is 0.478 e. The van der Waals surface area contributed by atoms with Crippen molar-refractivity contribution in [3.05, 3.63) is 30.3 Å². The maximum atomic E-state index is 11.6. The average Bonchev–Trinajstić information content (AvgIpc) is 2.54. The molecule has 122 valence electrons. The Labute approximate surface area is 132 Å². The molecule has 0 radical (unpaired) electrons. The highest BCUT2D eigenvalue weighted by Crippen LogP contribution is 2.19. The van der Waals surface area contributed by atoms with Crippen LogP contribution in [0.3, 0.4) is 0 Å². The van der Waals surface area contributed by atoms with Crippen LogP contribution in [0.15, 0.2) is 30.3 Å². The molecule has 0 spiro atoms. The van der Waals surface area contributed by atoms with E-state index in [0.717, 1.165) is 13.1 Å². The molecule has 5 nitrogen and oxygen atoms in total. The van der Waals surface area contributed by atoms with Gasteiger partial charge in [-0.15, -0.1) is 0 Å². The number of carbonyl (C=O) groups is 1. The number of carboxylic acid groups (broad SMARTS) is 1. The highest BCUT2D eigenvalue weighted by atomic mass is 16.5. The Bertz CT molecular complexity index is 474. The predicted molar refractivity (Wildman–Crippen MR) is 86.0 cm³/mol. The van der Waals surface area contributed by atoms with Gasteiger partial charge in [0.1, 0.15) is 5.75 Å². The molecule has 1 aromatic rings. The minimum absolute atomic E-state index is 0.151. The molecule has 1 saturated heterocycles. The smallest absolute Gasteiger partial charge is 0.349 e. The molecule has 5 heteroatoms. The van der Waals surface area contributed by atoms with Gasteiger partial charge in [-0.25, -0.2) is 4.79 Å². The number of rotatable bonds is 7. The number of nitrogens with zero attached hydrogens (tertiary/aromatic N) is 1. The van der Waals surface area contributed by atoms with E-state index in [1.165, 1.54) is 19.3 Å². The third-order valence-electron chi connectivity index (χ3n) is 4.21. The van der Waals surface area contributed by atoms with E-state index in [2.05, 4.69) is 17.1 Å². The number of para-hydroxylation sites is 1. The molecule has 2 unspecified atom stereocenters. The molecule has 1 aliphatic heterocycles. The van der Waals surface area contributed by atoms with E-state index in [1.807, 2.05) is 18.2 Å². The molecule has 1 fully saturated rings. The number of carboxylic acids is 1. The summed E-state index contributed by atoms with van der Waals surface area (Å²) < 4.78 is 5.72. The van der Waals surface area contributed by atoms with Gasteiger partial charge in [-0.05, 0) is 51.9 Å². The highest BCUT2D eigenvalue weighted by Gasteiger charge is 2.36. The SMILES string of the molecule is CC(NCC(C)(Oc1ccccc1)C(=O)O)N1CCCCC1. The molecular weight excluding hydrogens is 280 g/mol. The first-order chi connectivity index (χ1) is 10.5. The normalized spacial score (nSPS) is 20.1. The van der Waals surface area contributed by atoms with Crippen LogP contribution in [-0.2, 0) is 4.79 Å². The summed E-state index contributed by atoms with van der Waals surface area (Å²) in [6.45, 7) is 6.08. The van der Waals surface area contributed by atoms with Gasteiger partial charge in [-0.2, -0.15) is 0 Å². The fraction of sp³-hybridized carbons (Fsp3) is 0.588. The van der Waals surface area contributed by atoms with E-state index in [9.17, 15) is 9.90 Å². The van der Waals surface area contributed by atoms with Crippen LogP contribution in [0.5, 0.6) is 5.75 Å². The number of benzene rings is 1.